The largest absolute Gasteiger partial charge is 0.295 e. The third-order valence-corrected chi connectivity index (χ3v) is 3.61. The number of aliphatic imine (C=N–C) groups is 1. The van der Waals surface area contributed by atoms with Gasteiger partial charge in [-0.05, 0) is 37.3 Å². The molecule has 0 unspecified atom stereocenters. The van der Waals surface area contributed by atoms with Crippen molar-refractivity contribution >= 4 is 17.6 Å². The summed E-state index contributed by atoms with van der Waals surface area (Å²) >= 11 is 0. The molecule has 0 aliphatic heterocycles. The van der Waals surface area contributed by atoms with E-state index in [0.29, 0.717) is 11.4 Å². The molecule has 1 aromatic heterocycles. The zero-order valence-corrected chi connectivity index (χ0v) is 13.1. The van der Waals surface area contributed by atoms with Crippen LogP contribution in [-0.2, 0) is 0 Å². The maximum Gasteiger partial charge on any atom is 0.294 e. The van der Waals surface area contributed by atoms with Crippen LogP contribution in [0.4, 0.5) is 15.8 Å². The minimum Gasteiger partial charge on any atom is -0.295 e. The van der Waals surface area contributed by atoms with Gasteiger partial charge in [0.05, 0.1) is 16.2 Å². The minimum atomic E-state index is -0.534. The number of H-pyrrole nitrogens is 1. The van der Waals surface area contributed by atoms with Crippen molar-refractivity contribution in [2.45, 2.75) is 6.92 Å². The molecule has 0 spiro atoms. The molecule has 25 heavy (non-hydrogen) atoms. The molecule has 0 radical (unpaired) electrons. The summed E-state index contributed by atoms with van der Waals surface area (Å²) in [6.45, 7) is 1.68. The van der Waals surface area contributed by atoms with Gasteiger partial charge in [0.15, 0.2) is 0 Å². The number of halogens is 1. The molecule has 0 fully saturated rings. The van der Waals surface area contributed by atoms with Gasteiger partial charge in [-0.1, -0.05) is 12.1 Å². The molecular formula is C17H13FN4O3. The first-order valence-corrected chi connectivity index (χ1v) is 7.32. The molecule has 0 bridgehead atoms. The highest BCUT2D eigenvalue weighted by Crippen LogP contribution is 2.26. The van der Waals surface area contributed by atoms with Crippen molar-refractivity contribution in [2.24, 2.45) is 4.99 Å². The molecule has 2 aromatic carbocycles. The average molecular weight is 340 g/mol. The first-order valence-electron chi connectivity index (χ1n) is 7.32. The number of para-hydroxylation sites is 2. The summed E-state index contributed by atoms with van der Waals surface area (Å²) in [6, 6.07) is 11.4. The standard InChI is InChI=1S/C17H13FN4O3/c1-11-14(10-19-15-4-2-3-5-16(15)22(24)25)17(23)21(20-11)13-8-6-12(18)7-9-13/h2-10,20H,1H3. The Morgan fingerprint density at radius 1 is 1.20 bits per heavy atom. The van der Waals surface area contributed by atoms with E-state index in [1.807, 2.05) is 0 Å². The summed E-state index contributed by atoms with van der Waals surface area (Å²) < 4.78 is 14.3. The second kappa shape index (κ2) is 6.52. The molecule has 0 aliphatic rings. The van der Waals surface area contributed by atoms with E-state index < -0.39 is 10.7 Å². The third-order valence-electron chi connectivity index (χ3n) is 3.61. The number of aryl methyl sites for hydroxylation is 1. The smallest absolute Gasteiger partial charge is 0.294 e. The van der Waals surface area contributed by atoms with Crippen LogP contribution in [0.2, 0.25) is 0 Å². The molecule has 0 saturated heterocycles. The number of rotatable bonds is 4. The van der Waals surface area contributed by atoms with Gasteiger partial charge in [0, 0.05) is 18.0 Å². The second-order valence-electron chi connectivity index (χ2n) is 5.27. The molecule has 0 aliphatic carbocycles. The Hall–Kier alpha value is -3.55. The van der Waals surface area contributed by atoms with E-state index in [9.17, 15) is 19.3 Å². The van der Waals surface area contributed by atoms with Gasteiger partial charge in [-0.2, -0.15) is 0 Å². The predicted octanol–water partition coefficient (Wildman–Crippen LogP) is 3.27. The van der Waals surface area contributed by atoms with Gasteiger partial charge in [0.25, 0.3) is 11.2 Å². The quantitative estimate of drug-likeness (QED) is 0.449. The average Bonchev–Trinajstić information content (AvgIpc) is 2.88. The molecule has 0 atom stereocenters. The van der Waals surface area contributed by atoms with Crippen LogP contribution in [0.25, 0.3) is 5.69 Å². The maximum absolute atomic E-state index is 13.0. The number of nitro benzene ring substituents is 1. The van der Waals surface area contributed by atoms with Crippen molar-refractivity contribution in [3.8, 4) is 5.69 Å². The number of hydrogen-bond acceptors (Lipinski definition) is 4. The molecule has 3 rings (SSSR count). The van der Waals surface area contributed by atoms with E-state index >= 15 is 0 Å². The van der Waals surface area contributed by atoms with E-state index in [1.54, 1.807) is 19.1 Å². The normalized spacial score (nSPS) is 11.1. The van der Waals surface area contributed by atoms with Crippen molar-refractivity contribution in [3.63, 3.8) is 0 Å². The van der Waals surface area contributed by atoms with Crippen molar-refractivity contribution < 1.29 is 9.31 Å². The van der Waals surface area contributed by atoms with Gasteiger partial charge in [-0.25, -0.2) is 14.1 Å². The topological polar surface area (TPSA) is 93.3 Å². The number of nitrogens with zero attached hydrogens (tertiary/aromatic N) is 3. The molecule has 1 N–H and O–H groups in total. The van der Waals surface area contributed by atoms with Gasteiger partial charge in [-0.3, -0.25) is 20.0 Å². The Morgan fingerprint density at radius 3 is 2.56 bits per heavy atom. The number of nitrogens with one attached hydrogen (secondary N) is 1. The SMILES string of the molecule is Cc1[nH]n(-c2ccc(F)cc2)c(=O)c1C=Nc1ccccc1[N+](=O)[O-]. The third kappa shape index (κ3) is 3.23. The summed E-state index contributed by atoms with van der Waals surface area (Å²) in [5.74, 6) is -0.404. The molecule has 0 amide bonds. The summed E-state index contributed by atoms with van der Waals surface area (Å²) in [7, 11) is 0. The first kappa shape index (κ1) is 16.3. The molecule has 0 saturated carbocycles. The summed E-state index contributed by atoms with van der Waals surface area (Å²) in [5.41, 5.74) is 0.900. The van der Waals surface area contributed by atoms with Crippen molar-refractivity contribution in [1.82, 2.24) is 9.78 Å². The highest BCUT2D eigenvalue weighted by atomic mass is 19.1. The number of hydrogen-bond donors (Lipinski definition) is 1. The number of aromatic amines is 1. The highest BCUT2D eigenvalue weighted by Gasteiger charge is 2.13. The molecule has 3 aromatic rings. The van der Waals surface area contributed by atoms with E-state index in [1.165, 1.54) is 47.3 Å². The fraction of sp³-hybridized carbons (Fsp3) is 0.0588. The molecule has 7 nitrogen and oxygen atoms in total. The lowest BCUT2D eigenvalue weighted by molar-refractivity contribution is -0.384. The van der Waals surface area contributed by atoms with Crippen LogP contribution >= 0.6 is 0 Å². The Kier molecular flexibility index (Phi) is 4.25. The second-order valence-corrected chi connectivity index (χ2v) is 5.27. The van der Waals surface area contributed by atoms with Crippen molar-refractivity contribution in [1.29, 1.82) is 0 Å². The van der Waals surface area contributed by atoms with Crippen LogP contribution in [0.5, 0.6) is 0 Å². The molecule has 1 heterocycles. The van der Waals surface area contributed by atoms with Gasteiger partial charge in [-0.15, -0.1) is 0 Å². The summed E-state index contributed by atoms with van der Waals surface area (Å²) in [6.07, 6.45) is 1.29. The van der Waals surface area contributed by atoms with E-state index in [2.05, 4.69) is 10.1 Å². The molecule has 8 heteroatoms. The number of nitro groups is 1. The fourth-order valence-corrected chi connectivity index (χ4v) is 2.35. The van der Waals surface area contributed by atoms with Crippen LogP contribution < -0.4 is 5.56 Å². The van der Waals surface area contributed by atoms with Crippen LogP contribution in [-0.4, -0.2) is 20.9 Å². The minimum absolute atomic E-state index is 0.147. The Bertz CT molecular complexity index is 1020. The molecular weight excluding hydrogens is 327 g/mol. The fourth-order valence-electron chi connectivity index (χ4n) is 2.35. The molecule has 126 valence electrons. The Morgan fingerprint density at radius 2 is 1.88 bits per heavy atom. The predicted molar refractivity (Wildman–Crippen MR) is 91.4 cm³/mol. The zero-order valence-electron chi connectivity index (χ0n) is 13.1. The van der Waals surface area contributed by atoms with Crippen LogP contribution in [0.3, 0.4) is 0 Å². The van der Waals surface area contributed by atoms with Gasteiger partial charge in [0.2, 0.25) is 0 Å². The van der Waals surface area contributed by atoms with Crippen molar-refractivity contribution in [2.75, 3.05) is 0 Å². The van der Waals surface area contributed by atoms with E-state index in [0.717, 1.165) is 0 Å². The van der Waals surface area contributed by atoms with Gasteiger partial charge >= 0.3 is 0 Å². The first-order chi connectivity index (χ1) is 12.0. The summed E-state index contributed by atoms with van der Waals surface area (Å²) in [4.78, 5) is 27.1. The van der Waals surface area contributed by atoms with E-state index in [4.69, 9.17) is 0 Å². The van der Waals surface area contributed by atoms with Crippen LogP contribution in [0.15, 0.2) is 58.3 Å². The Labute approximate surface area is 141 Å². The van der Waals surface area contributed by atoms with Gasteiger partial charge < -0.3 is 0 Å². The lowest BCUT2D eigenvalue weighted by Crippen LogP contribution is -2.17. The summed E-state index contributed by atoms with van der Waals surface area (Å²) in [5, 5.41) is 13.9. The number of aromatic nitrogens is 2. The van der Waals surface area contributed by atoms with E-state index in [-0.39, 0.29) is 22.5 Å². The highest BCUT2D eigenvalue weighted by molar-refractivity contribution is 5.84. The van der Waals surface area contributed by atoms with Crippen LogP contribution in [0.1, 0.15) is 11.3 Å². The monoisotopic (exact) mass is 340 g/mol. The Balaban J connectivity index is 2.01. The lowest BCUT2D eigenvalue weighted by Gasteiger charge is -2.00. The lowest BCUT2D eigenvalue weighted by atomic mass is 10.2. The van der Waals surface area contributed by atoms with Crippen molar-refractivity contribution in [3.05, 3.63) is 86.1 Å². The number of benzene rings is 2. The van der Waals surface area contributed by atoms with Gasteiger partial charge in [0.1, 0.15) is 11.5 Å². The van der Waals surface area contributed by atoms with Crippen LogP contribution in [0, 0.1) is 22.9 Å². The maximum atomic E-state index is 13.0. The zero-order chi connectivity index (χ0) is 18.0.